The van der Waals surface area contributed by atoms with E-state index in [2.05, 4.69) is 10.6 Å². The molecule has 6 nitrogen and oxygen atoms in total. The van der Waals surface area contributed by atoms with E-state index in [1.54, 1.807) is 7.11 Å². The number of methoxy groups -OCH3 is 1. The molecule has 1 aliphatic rings. The van der Waals surface area contributed by atoms with Crippen LogP contribution in [0, 0.1) is 11.8 Å². The van der Waals surface area contributed by atoms with Gasteiger partial charge in [0.2, 0.25) is 11.8 Å². The van der Waals surface area contributed by atoms with Gasteiger partial charge in [-0.25, -0.2) is 0 Å². The Hall–Kier alpha value is -3.02. The number of carbonyl (C=O) groups is 2. The molecular weight excluding hydrogens is 368 g/mol. The van der Waals surface area contributed by atoms with E-state index >= 15 is 0 Å². The van der Waals surface area contributed by atoms with Crippen LogP contribution in [0.3, 0.4) is 0 Å². The molecule has 1 saturated carbocycles. The van der Waals surface area contributed by atoms with Gasteiger partial charge in [0.25, 0.3) is 0 Å². The molecule has 3 atom stereocenters. The zero-order valence-corrected chi connectivity index (χ0v) is 16.9. The molecule has 0 aromatic heterocycles. The Labute approximate surface area is 171 Å². The van der Waals surface area contributed by atoms with E-state index in [9.17, 15) is 9.59 Å². The second-order valence-corrected chi connectivity index (χ2v) is 7.40. The number of nitrogens with one attached hydrogen (secondary N) is 2. The molecule has 0 spiro atoms. The lowest BCUT2D eigenvalue weighted by atomic mass is 10.0. The maximum atomic E-state index is 12.9. The second kappa shape index (κ2) is 9.96. The lowest BCUT2D eigenvalue weighted by Crippen LogP contribution is -2.43. The fraction of sp³-hybridized carbons (Fsp3) is 0.391. The average molecular weight is 396 g/mol. The number of para-hydroxylation sites is 2. The van der Waals surface area contributed by atoms with E-state index in [1.165, 1.54) is 6.92 Å². The number of hydrogen-bond donors (Lipinski definition) is 2. The summed E-state index contributed by atoms with van der Waals surface area (Å²) in [4.78, 5) is 24.5. The number of ether oxygens (including phenoxy) is 2. The minimum absolute atomic E-state index is 0.0585. The minimum Gasteiger partial charge on any atom is -0.496 e. The SMILES string of the molecule is COc1ccccc1CNC(=O)[C@@H]1C[C@@H](COc2ccccc2)C[C@H]1NC(C)=O. The van der Waals surface area contributed by atoms with Crippen LogP contribution in [0.2, 0.25) is 0 Å². The van der Waals surface area contributed by atoms with Gasteiger partial charge >= 0.3 is 0 Å². The number of rotatable bonds is 8. The van der Waals surface area contributed by atoms with E-state index in [4.69, 9.17) is 9.47 Å². The topological polar surface area (TPSA) is 76.7 Å². The first-order valence-electron chi connectivity index (χ1n) is 9.91. The first-order chi connectivity index (χ1) is 14.1. The van der Waals surface area contributed by atoms with Crippen molar-refractivity contribution in [3.63, 3.8) is 0 Å². The van der Waals surface area contributed by atoms with Crippen molar-refractivity contribution >= 4 is 11.8 Å². The van der Waals surface area contributed by atoms with E-state index in [-0.39, 0.29) is 29.7 Å². The lowest BCUT2D eigenvalue weighted by Gasteiger charge is -2.20. The Morgan fingerprint density at radius 1 is 1.03 bits per heavy atom. The van der Waals surface area contributed by atoms with Gasteiger partial charge in [-0.05, 0) is 37.0 Å². The maximum Gasteiger partial charge on any atom is 0.225 e. The summed E-state index contributed by atoms with van der Waals surface area (Å²) in [5.74, 6) is 1.30. The molecule has 29 heavy (non-hydrogen) atoms. The Morgan fingerprint density at radius 2 is 1.76 bits per heavy atom. The summed E-state index contributed by atoms with van der Waals surface area (Å²) in [6.07, 6.45) is 1.40. The third-order valence-electron chi connectivity index (χ3n) is 5.26. The number of carbonyl (C=O) groups excluding carboxylic acids is 2. The van der Waals surface area contributed by atoms with Crippen LogP contribution in [0.5, 0.6) is 11.5 Å². The Kier molecular flexibility index (Phi) is 7.11. The molecule has 0 unspecified atom stereocenters. The van der Waals surface area contributed by atoms with Crippen molar-refractivity contribution in [1.29, 1.82) is 0 Å². The fourth-order valence-electron chi connectivity index (χ4n) is 3.88. The highest BCUT2D eigenvalue weighted by Gasteiger charge is 2.39. The molecule has 2 aromatic carbocycles. The van der Waals surface area contributed by atoms with Crippen molar-refractivity contribution in [3.8, 4) is 11.5 Å². The molecule has 0 saturated heterocycles. The Morgan fingerprint density at radius 3 is 2.48 bits per heavy atom. The van der Waals surface area contributed by atoms with Crippen LogP contribution >= 0.6 is 0 Å². The van der Waals surface area contributed by atoms with Crippen molar-refractivity contribution in [3.05, 3.63) is 60.2 Å². The molecule has 0 bridgehead atoms. The predicted molar refractivity (Wildman–Crippen MR) is 111 cm³/mol. The molecule has 1 aliphatic carbocycles. The van der Waals surface area contributed by atoms with Crippen LogP contribution in [0.1, 0.15) is 25.3 Å². The van der Waals surface area contributed by atoms with Gasteiger partial charge in [0.15, 0.2) is 0 Å². The Balaban J connectivity index is 1.60. The highest BCUT2D eigenvalue weighted by atomic mass is 16.5. The average Bonchev–Trinajstić information content (AvgIpc) is 3.13. The van der Waals surface area contributed by atoms with Crippen LogP contribution in [-0.2, 0) is 16.1 Å². The van der Waals surface area contributed by atoms with E-state index in [0.29, 0.717) is 19.6 Å². The molecule has 154 valence electrons. The largest absolute Gasteiger partial charge is 0.496 e. The van der Waals surface area contributed by atoms with Crippen LogP contribution < -0.4 is 20.1 Å². The molecular formula is C23H28N2O4. The molecule has 2 amide bonds. The second-order valence-electron chi connectivity index (χ2n) is 7.40. The molecule has 1 fully saturated rings. The summed E-state index contributed by atoms with van der Waals surface area (Å²) in [5.41, 5.74) is 0.918. The van der Waals surface area contributed by atoms with E-state index in [1.807, 2.05) is 54.6 Å². The van der Waals surface area contributed by atoms with Crippen molar-refractivity contribution in [2.24, 2.45) is 11.8 Å². The smallest absolute Gasteiger partial charge is 0.225 e. The summed E-state index contributed by atoms with van der Waals surface area (Å²) in [6, 6.07) is 17.0. The lowest BCUT2D eigenvalue weighted by molar-refractivity contribution is -0.126. The van der Waals surface area contributed by atoms with Gasteiger partial charge < -0.3 is 20.1 Å². The van der Waals surface area contributed by atoms with Gasteiger partial charge in [0.1, 0.15) is 11.5 Å². The number of amides is 2. The predicted octanol–water partition coefficient (Wildman–Crippen LogP) is 2.92. The molecule has 2 aromatic rings. The van der Waals surface area contributed by atoms with Crippen LogP contribution in [-0.4, -0.2) is 31.6 Å². The first kappa shape index (κ1) is 20.7. The summed E-state index contributed by atoms with van der Waals surface area (Å²) in [7, 11) is 1.61. The molecule has 0 aliphatic heterocycles. The summed E-state index contributed by atoms with van der Waals surface area (Å²) in [5, 5.41) is 5.94. The van der Waals surface area contributed by atoms with E-state index in [0.717, 1.165) is 23.5 Å². The van der Waals surface area contributed by atoms with Gasteiger partial charge in [-0.15, -0.1) is 0 Å². The van der Waals surface area contributed by atoms with Crippen molar-refractivity contribution in [1.82, 2.24) is 10.6 Å². The zero-order valence-electron chi connectivity index (χ0n) is 16.9. The molecule has 0 radical (unpaired) electrons. The normalized spacial score (nSPS) is 20.7. The summed E-state index contributed by atoms with van der Waals surface area (Å²) < 4.78 is 11.2. The van der Waals surface area contributed by atoms with Gasteiger partial charge in [-0.1, -0.05) is 36.4 Å². The van der Waals surface area contributed by atoms with Crippen LogP contribution in [0.15, 0.2) is 54.6 Å². The fourth-order valence-corrected chi connectivity index (χ4v) is 3.88. The van der Waals surface area contributed by atoms with Crippen molar-refractivity contribution < 1.29 is 19.1 Å². The van der Waals surface area contributed by atoms with Crippen molar-refractivity contribution in [2.75, 3.05) is 13.7 Å². The third kappa shape index (κ3) is 5.73. The quantitative estimate of drug-likeness (QED) is 0.719. The van der Waals surface area contributed by atoms with Crippen LogP contribution in [0.25, 0.3) is 0 Å². The number of benzene rings is 2. The monoisotopic (exact) mass is 396 g/mol. The van der Waals surface area contributed by atoms with Crippen molar-refractivity contribution in [2.45, 2.75) is 32.4 Å². The molecule has 3 rings (SSSR count). The van der Waals surface area contributed by atoms with Gasteiger partial charge in [0.05, 0.1) is 19.6 Å². The third-order valence-corrected chi connectivity index (χ3v) is 5.26. The minimum atomic E-state index is -0.280. The Bertz CT molecular complexity index is 825. The highest BCUT2D eigenvalue weighted by molar-refractivity contribution is 5.81. The van der Waals surface area contributed by atoms with E-state index < -0.39 is 0 Å². The molecule has 2 N–H and O–H groups in total. The molecule has 0 heterocycles. The van der Waals surface area contributed by atoms with Gasteiger partial charge in [0, 0.05) is 25.1 Å². The highest BCUT2D eigenvalue weighted by Crippen LogP contribution is 2.32. The summed E-state index contributed by atoms with van der Waals surface area (Å²) in [6.45, 7) is 2.39. The maximum absolute atomic E-state index is 12.9. The summed E-state index contributed by atoms with van der Waals surface area (Å²) >= 11 is 0. The zero-order chi connectivity index (χ0) is 20.6. The van der Waals surface area contributed by atoms with Gasteiger partial charge in [-0.2, -0.15) is 0 Å². The van der Waals surface area contributed by atoms with Crippen LogP contribution in [0.4, 0.5) is 0 Å². The number of hydrogen-bond acceptors (Lipinski definition) is 4. The standard InChI is InChI=1S/C23H28N2O4/c1-16(26)25-21-13-17(15-29-19-9-4-3-5-10-19)12-20(21)23(27)24-14-18-8-6-7-11-22(18)28-2/h3-11,17,20-21H,12-15H2,1-2H3,(H,24,27)(H,25,26)/t17-,20-,21-/m1/s1. The van der Waals surface area contributed by atoms with Gasteiger partial charge in [-0.3, -0.25) is 9.59 Å². The first-order valence-corrected chi connectivity index (χ1v) is 9.91. The molecule has 6 heteroatoms.